The number of methoxy groups -OCH3 is 1. The van der Waals surface area contributed by atoms with Gasteiger partial charge >= 0.3 is 5.97 Å². The molecule has 1 saturated heterocycles. The van der Waals surface area contributed by atoms with Gasteiger partial charge in [0, 0.05) is 19.5 Å². The summed E-state index contributed by atoms with van der Waals surface area (Å²) in [6.07, 6.45) is 0.864. The number of hydrogen-bond acceptors (Lipinski definition) is 4. The van der Waals surface area contributed by atoms with Crippen LogP contribution in [0.15, 0.2) is 24.3 Å². The van der Waals surface area contributed by atoms with Gasteiger partial charge in [-0.05, 0) is 30.7 Å². The molecular weight excluding hydrogens is 277 g/mol. The number of likely N-dealkylation sites (tertiary alicyclic amines) is 1. The van der Waals surface area contributed by atoms with Gasteiger partial charge in [0.15, 0.2) is 0 Å². The van der Waals surface area contributed by atoms with E-state index in [1.807, 2.05) is 0 Å². The quantitative estimate of drug-likeness (QED) is 0.591. The SMILES string of the molecule is COC(=O)C1CC(=O)N(CCCOc2ccc(F)cc2)C1. The molecule has 0 N–H and O–H groups in total. The summed E-state index contributed by atoms with van der Waals surface area (Å²) in [7, 11) is 1.33. The fraction of sp³-hybridized carbons (Fsp3) is 0.467. The van der Waals surface area contributed by atoms with Crippen molar-refractivity contribution < 1.29 is 23.5 Å². The second-order valence-electron chi connectivity index (χ2n) is 4.92. The molecule has 21 heavy (non-hydrogen) atoms. The summed E-state index contributed by atoms with van der Waals surface area (Å²) in [6.45, 7) is 1.37. The number of nitrogens with zero attached hydrogens (tertiary/aromatic N) is 1. The Hall–Kier alpha value is -2.11. The highest BCUT2D eigenvalue weighted by molar-refractivity contribution is 5.86. The van der Waals surface area contributed by atoms with Crippen molar-refractivity contribution in [3.63, 3.8) is 0 Å². The average Bonchev–Trinajstić information content (AvgIpc) is 2.86. The number of amides is 1. The lowest BCUT2D eigenvalue weighted by Gasteiger charge is -2.16. The number of carbonyl (C=O) groups excluding carboxylic acids is 2. The van der Waals surface area contributed by atoms with E-state index in [4.69, 9.17) is 4.74 Å². The monoisotopic (exact) mass is 295 g/mol. The molecule has 1 aromatic rings. The highest BCUT2D eigenvalue weighted by atomic mass is 19.1. The van der Waals surface area contributed by atoms with Crippen molar-refractivity contribution in [2.24, 2.45) is 5.92 Å². The summed E-state index contributed by atoms with van der Waals surface area (Å²) < 4.78 is 22.8. The minimum absolute atomic E-state index is 0.0350. The summed E-state index contributed by atoms with van der Waals surface area (Å²) >= 11 is 0. The molecule has 0 saturated carbocycles. The predicted molar refractivity (Wildman–Crippen MR) is 73.2 cm³/mol. The van der Waals surface area contributed by atoms with Crippen LogP contribution in [0, 0.1) is 11.7 Å². The maximum absolute atomic E-state index is 12.7. The fourth-order valence-corrected chi connectivity index (χ4v) is 2.29. The van der Waals surface area contributed by atoms with E-state index >= 15 is 0 Å². The van der Waals surface area contributed by atoms with Crippen LogP contribution in [-0.4, -0.2) is 43.6 Å². The Morgan fingerprint density at radius 2 is 2.10 bits per heavy atom. The lowest BCUT2D eigenvalue weighted by atomic mass is 10.1. The van der Waals surface area contributed by atoms with Crippen LogP contribution in [0.5, 0.6) is 5.75 Å². The number of benzene rings is 1. The van der Waals surface area contributed by atoms with Crippen LogP contribution in [0.1, 0.15) is 12.8 Å². The molecule has 0 bridgehead atoms. The molecule has 1 fully saturated rings. The maximum atomic E-state index is 12.7. The second-order valence-corrected chi connectivity index (χ2v) is 4.92. The van der Waals surface area contributed by atoms with Crippen LogP contribution in [0.25, 0.3) is 0 Å². The Morgan fingerprint density at radius 1 is 1.38 bits per heavy atom. The number of ether oxygens (including phenoxy) is 2. The summed E-state index contributed by atoms with van der Waals surface area (Å²) in [6, 6.07) is 5.79. The lowest BCUT2D eigenvalue weighted by Crippen LogP contribution is -2.28. The summed E-state index contributed by atoms with van der Waals surface area (Å²) in [5.41, 5.74) is 0. The average molecular weight is 295 g/mol. The van der Waals surface area contributed by atoms with E-state index in [1.54, 1.807) is 17.0 Å². The summed E-state index contributed by atoms with van der Waals surface area (Å²) in [4.78, 5) is 24.8. The molecule has 0 spiro atoms. The number of rotatable bonds is 6. The molecule has 114 valence electrons. The zero-order valence-corrected chi connectivity index (χ0v) is 11.9. The second kappa shape index (κ2) is 7.06. The number of hydrogen-bond donors (Lipinski definition) is 0. The molecule has 0 aliphatic carbocycles. The number of esters is 1. The van der Waals surface area contributed by atoms with Gasteiger partial charge in [-0.3, -0.25) is 9.59 Å². The van der Waals surface area contributed by atoms with Gasteiger partial charge in [-0.15, -0.1) is 0 Å². The molecule has 2 rings (SSSR count). The van der Waals surface area contributed by atoms with Crippen molar-refractivity contribution in [1.29, 1.82) is 0 Å². The standard InChI is InChI=1S/C15H18FNO4/c1-20-15(19)11-9-14(18)17(10-11)7-2-8-21-13-5-3-12(16)4-6-13/h3-6,11H,2,7-10H2,1H3. The van der Waals surface area contributed by atoms with Gasteiger partial charge in [-0.1, -0.05) is 0 Å². The molecule has 0 aromatic heterocycles. The molecular formula is C15H18FNO4. The van der Waals surface area contributed by atoms with Gasteiger partial charge in [-0.25, -0.2) is 4.39 Å². The Labute approximate surface area is 122 Å². The lowest BCUT2D eigenvalue weighted by molar-refractivity contribution is -0.145. The molecule has 1 aliphatic heterocycles. The smallest absolute Gasteiger partial charge is 0.310 e. The third kappa shape index (κ3) is 4.18. The van der Waals surface area contributed by atoms with Crippen molar-refractivity contribution in [2.45, 2.75) is 12.8 Å². The highest BCUT2D eigenvalue weighted by Crippen LogP contribution is 2.19. The van der Waals surface area contributed by atoms with Crippen molar-refractivity contribution in [3.05, 3.63) is 30.1 Å². The molecule has 1 aliphatic rings. The van der Waals surface area contributed by atoms with Gasteiger partial charge in [-0.2, -0.15) is 0 Å². The van der Waals surface area contributed by atoms with Crippen LogP contribution >= 0.6 is 0 Å². The van der Waals surface area contributed by atoms with Crippen LogP contribution in [-0.2, 0) is 14.3 Å². The highest BCUT2D eigenvalue weighted by Gasteiger charge is 2.34. The van der Waals surface area contributed by atoms with E-state index in [-0.39, 0.29) is 30.0 Å². The van der Waals surface area contributed by atoms with Gasteiger partial charge in [0.05, 0.1) is 19.6 Å². The van der Waals surface area contributed by atoms with Gasteiger partial charge in [0.25, 0.3) is 0 Å². The van der Waals surface area contributed by atoms with Crippen LogP contribution in [0.3, 0.4) is 0 Å². The van der Waals surface area contributed by atoms with Crippen molar-refractivity contribution in [3.8, 4) is 5.75 Å². The third-order valence-corrected chi connectivity index (χ3v) is 3.40. The first-order chi connectivity index (χ1) is 10.1. The van der Waals surface area contributed by atoms with Gasteiger partial charge in [0.1, 0.15) is 11.6 Å². The fourth-order valence-electron chi connectivity index (χ4n) is 2.29. The van der Waals surface area contributed by atoms with Crippen LogP contribution in [0.4, 0.5) is 4.39 Å². The Balaban J connectivity index is 1.70. The minimum atomic E-state index is -0.361. The van der Waals surface area contributed by atoms with Gasteiger partial charge < -0.3 is 14.4 Å². The zero-order valence-electron chi connectivity index (χ0n) is 11.9. The van der Waals surface area contributed by atoms with Crippen molar-refractivity contribution in [2.75, 3.05) is 26.8 Å². The van der Waals surface area contributed by atoms with Crippen molar-refractivity contribution in [1.82, 2.24) is 4.90 Å². The molecule has 0 radical (unpaired) electrons. The Morgan fingerprint density at radius 3 is 2.76 bits per heavy atom. The van der Waals surface area contributed by atoms with E-state index in [0.717, 1.165) is 0 Å². The Kier molecular flexibility index (Phi) is 5.14. The molecule has 1 atom stereocenters. The molecule has 1 unspecified atom stereocenters. The molecule has 5 nitrogen and oxygen atoms in total. The summed E-state index contributed by atoms with van der Waals surface area (Å²) in [5.74, 6) is -0.448. The van der Waals surface area contributed by atoms with E-state index < -0.39 is 0 Å². The molecule has 1 amide bonds. The van der Waals surface area contributed by atoms with E-state index in [0.29, 0.717) is 31.9 Å². The van der Waals surface area contributed by atoms with E-state index in [1.165, 1.54) is 19.2 Å². The number of halogens is 1. The topological polar surface area (TPSA) is 55.8 Å². The third-order valence-electron chi connectivity index (χ3n) is 3.40. The van der Waals surface area contributed by atoms with Crippen LogP contribution in [0.2, 0.25) is 0 Å². The zero-order chi connectivity index (χ0) is 15.2. The van der Waals surface area contributed by atoms with E-state index in [2.05, 4.69) is 4.74 Å². The number of carbonyl (C=O) groups is 2. The van der Waals surface area contributed by atoms with Crippen molar-refractivity contribution >= 4 is 11.9 Å². The van der Waals surface area contributed by atoms with Gasteiger partial charge in [0.2, 0.25) is 5.91 Å². The van der Waals surface area contributed by atoms with Crippen LogP contribution < -0.4 is 4.74 Å². The molecule has 1 heterocycles. The Bertz CT molecular complexity index is 503. The first-order valence-electron chi connectivity index (χ1n) is 6.84. The molecule has 6 heteroatoms. The normalized spacial score (nSPS) is 17.9. The predicted octanol–water partition coefficient (Wildman–Crippen LogP) is 1.62. The minimum Gasteiger partial charge on any atom is -0.494 e. The molecule has 1 aromatic carbocycles. The largest absolute Gasteiger partial charge is 0.494 e. The maximum Gasteiger partial charge on any atom is 0.310 e. The first-order valence-corrected chi connectivity index (χ1v) is 6.84. The van der Waals surface area contributed by atoms with E-state index in [9.17, 15) is 14.0 Å². The summed E-state index contributed by atoms with van der Waals surface area (Å²) in [5, 5.41) is 0. The first kappa shape index (κ1) is 15.3.